The number of rotatable bonds is 5. The van der Waals surface area contributed by atoms with Crippen LogP contribution in [0.15, 0.2) is 30.6 Å². The maximum Gasteiger partial charge on any atom is 0.239 e. The van der Waals surface area contributed by atoms with Gasteiger partial charge in [0.25, 0.3) is 0 Å². The van der Waals surface area contributed by atoms with Gasteiger partial charge in [-0.2, -0.15) is 0 Å². The molecule has 1 aliphatic rings. The molecule has 0 bridgehead atoms. The fourth-order valence-electron chi connectivity index (χ4n) is 2.98. The van der Waals surface area contributed by atoms with Gasteiger partial charge in [-0.05, 0) is 53.5 Å². The number of aromatic nitrogens is 4. The highest BCUT2D eigenvalue weighted by Gasteiger charge is 2.22. The zero-order valence-corrected chi connectivity index (χ0v) is 13.3. The predicted molar refractivity (Wildman–Crippen MR) is 87.2 cm³/mol. The van der Waals surface area contributed by atoms with Gasteiger partial charge in [0.05, 0.1) is 12.2 Å². The predicted octanol–water partition coefficient (Wildman–Crippen LogP) is 1.77. The SMILES string of the molecule is C[C@H]1CCCC[C@@H]1NC(=O)CNc1ccc(-n2cnnn2)cc1. The third-order valence-corrected chi connectivity index (χ3v) is 4.39. The van der Waals surface area contributed by atoms with Crippen LogP contribution in [0.25, 0.3) is 5.69 Å². The maximum atomic E-state index is 12.1. The molecule has 2 N–H and O–H groups in total. The molecule has 1 fully saturated rings. The van der Waals surface area contributed by atoms with Crippen molar-refractivity contribution in [2.45, 2.75) is 38.6 Å². The average Bonchev–Trinajstić information content (AvgIpc) is 3.10. The summed E-state index contributed by atoms with van der Waals surface area (Å²) in [7, 11) is 0. The highest BCUT2D eigenvalue weighted by atomic mass is 16.2. The van der Waals surface area contributed by atoms with E-state index in [4.69, 9.17) is 0 Å². The first-order chi connectivity index (χ1) is 11.2. The van der Waals surface area contributed by atoms with Crippen molar-refractivity contribution in [2.24, 2.45) is 5.92 Å². The number of benzene rings is 1. The molecule has 1 aromatic heterocycles. The third kappa shape index (κ3) is 4.06. The van der Waals surface area contributed by atoms with E-state index in [0.29, 0.717) is 12.0 Å². The van der Waals surface area contributed by atoms with E-state index in [9.17, 15) is 4.79 Å². The van der Waals surface area contributed by atoms with Crippen LogP contribution in [0, 0.1) is 5.92 Å². The van der Waals surface area contributed by atoms with Gasteiger partial charge >= 0.3 is 0 Å². The third-order valence-electron chi connectivity index (χ3n) is 4.39. The average molecular weight is 314 g/mol. The largest absolute Gasteiger partial charge is 0.376 e. The van der Waals surface area contributed by atoms with Crippen molar-refractivity contribution in [3.8, 4) is 5.69 Å². The van der Waals surface area contributed by atoms with Crippen molar-refractivity contribution < 1.29 is 4.79 Å². The van der Waals surface area contributed by atoms with Crippen molar-refractivity contribution >= 4 is 11.6 Å². The van der Waals surface area contributed by atoms with Crippen molar-refractivity contribution in [3.05, 3.63) is 30.6 Å². The molecule has 7 nitrogen and oxygen atoms in total. The Morgan fingerprint density at radius 3 is 2.74 bits per heavy atom. The molecule has 1 aliphatic carbocycles. The molecule has 23 heavy (non-hydrogen) atoms. The number of nitrogens with zero attached hydrogens (tertiary/aromatic N) is 4. The quantitative estimate of drug-likeness (QED) is 0.878. The molecule has 1 aromatic carbocycles. The second kappa shape index (κ2) is 7.21. The first kappa shape index (κ1) is 15.5. The maximum absolute atomic E-state index is 12.1. The summed E-state index contributed by atoms with van der Waals surface area (Å²) < 4.78 is 1.58. The standard InChI is InChI=1S/C16H22N6O/c1-12-4-2-3-5-15(12)19-16(23)10-17-13-6-8-14(9-7-13)22-11-18-20-21-22/h6-9,11-12,15,17H,2-5,10H2,1H3,(H,19,23)/t12-,15-/m0/s1. The van der Waals surface area contributed by atoms with Gasteiger partial charge in [-0.1, -0.05) is 19.8 Å². The highest BCUT2D eigenvalue weighted by Crippen LogP contribution is 2.23. The van der Waals surface area contributed by atoms with Crippen LogP contribution in [-0.4, -0.2) is 38.7 Å². The Balaban J connectivity index is 1.49. The van der Waals surface area contributed by atoms with Gasteiger partial charge in [0, 0.05) is 11.7 Å². The number of carbonyl (C=O) groups is 1. The molecule has 2 atom stereocenters. The molecule has 1 heterocycles. The number of hydrogen-bond donors (Lipinski definition) is 2. The van der Waals surface area contributed by atoms with Crippen LogP contribution in [0.1, 0.15) is 32.6 Å². The van der Waals surface area contributed by atoms with Gasteiger partial charge in [0.2, 0.25) is 5.91 Å². The smallest absolute Gasteiger partial charge is 0.239 e. The first-order valence-electron chi connectivity index (χ1n) is 8.09. The Kier molecular flexibility index (Phi) is 4.85. The van der Waals surface area contributed by atoms with E-state index in [1.807, 2.05) is 24.3 Å². The van der Waals surface area contributed by atoms with Gasteiger partial charge < -0.3 is 10.6 Å². The number of anilines is 1. The molecule has 0 spiro atoms. The van der Waals surface area contributed by atoms with Crippen LogP contribution >= 0.6 is 0 Å². The summed E-state index contributed by atoms with van der Waals surface area (Å²) in [5, 5.41) is 17.3. The fourth-order valence-corrected chi connectivity index (χ4v) is 2.98. The topological polar surface area (TPSA) is 84.7 Å². The lowest BCUT2D eigenvalue weighted by Crippen LogP contribution is -2.43. The molecular weight excluding hydrogens is 292 g/mol. The van der Waals surface area contributed by atoms with E-state index >= 15 is 0 Å². The minimum atomic E-state index is 0.0494. The van der Waals surface area contributed by atoms with Crippen LogP contribution < -0.4 is 10.6 Å². The fraction of sp³-hybridized carbons (Fsp3) is 0.500. The number of nitrogens with one attached hydrogen (secondary N) is 2. The molecule has 3 rings (SSSR count). The summed E-state index contributed by atoms with van der Waals surface area (Å²) in [4.78, 5) is 12.1. The Labute approximate surface area is 135 Å². The van der Waals surface area contributed by atoms with E-state index in [0.717, 1.165) is 17.8 Å². The molecule has 122 valence electrons. The van der Waals surface area contributed by atoms with Crippen LogP contribution in [0.5, 0.6) is 0 Å². The zero-order chi connectivity index (χ0) is 16.1. The van der Waals surface area contributed by atoms with E-state index in [-0.39, 0.29) is 12.5 Å². The monoisotopic (exact) mass is 314 g/mol. The van der Waals surface area contributed by atoms with Gasteiger partial charge in [0.1, 0.15) is 6.33 Å². The lowest BCUT2D eigenvalue weighted by molar-refractivity contribution is -0.120. The molecule has 7 heteroatoms. The van der Waals surface area contributed by atoms with Crippen molar-refractivity contribution in [1.82, 2.24) is 25.5 Å². The normalized spacial score (nSPS) is 20.9. The number of carbonyl (C=O) groups excluding carboxylic acids is 1. The van der Waals surface area contributed by atoms with E-state index < -0.39 is 0 Å². The molecule has 1 amide bonds. The second-order valence-electron chi connectivity index (χ2n) is 6.09. The van der Waals surface area contributed by atoms with Crippen molar-refractivity contribution in [2.75, 3.05) is 11.9 Å². The summed E-state index contributed by atoms with van der Waals surface area (Å²) >= 11 is 0. The highest BCUT2D eigenvalue weighted by molar-refractivity contribution is 5.81. The lowest BCUT2D eigenvalue weighted by atomic mass is 9.86. The Hall–Kier alpha value is -2.44. The summed E-state index contributed by atoms with van der Waals surface area (Å²) in [5.74, 6) is 0.622. The van der Waals surface area contributed by atoms with Crippen molar-refractivity contribution in [1.29, 1.82) is 0 Å². The van der Waals surface area contributed by atoms with E-state index in [1.165, 1.54) is 19.3 Å². The molecule has 0 aliphatic heterocycles. The van der Waals surface area contributed by atoms with Crippen LogP contribution in [-0.2, 0) is 4.79 Å². The Morgan fingerprint density at radius 1 is 1.26 bits per heavy atom. The van der Waals surface area contributed by atoms with Gasteiger partial charge in [-0.3, -0.25) is 4.79 Å². The minimum absolute atomic E-state index is 0.0494. The summed E-state index contributed by atoms with van der Waals surface area (Å²) in [6.45, 7) is 2.50. The molecule has 2 aromatic rings. The summed E-state index contributed by atoms with van der Waals surface area (Å²) in [6.07, 6.45) is 6.33. The van der Waals surface area contributed by atoms with E-state index in [1.54, 1.807) is 11.0 Å². The molecule has 0 radical (unpaired) electrons. The van der Waals surface area contributed by atoms with Gasteiger partial charge in [-0.15, -0.1) is 5.10 Å². The minimum Gasteiger partial charge on any atom is -0.376 e. The zero-order valence-electron chi connectivity index (χ0n) is 13.3. The van der Waals surface area contributed by atoms with Crippen molar-refractivity contribution in [3.63, 3.8) is 0 Å². The van der Waals surface area contributed by atoms with Gasteiger partial charge in [-0.25, -0.2) is 4.68 Å². The summed E-state index contributed by atoms with van der Waals surface area (Å²) in [5.41, 5.74) is 1.77. The van der Waals surface area contributed by atoms with Gasteiger partial charge in [0.15, 0.2) is 0 Å². The Bertz CT molecular complexity index is 625. The molecule has 1 saturated carbocycles. The first-order valence-corrected chi connectivity index (χ1v) is 8.09. The summed E-state index contributed by atoms with van der Waals surface area (Å²) in [6, 6.07) is 7.95. The molecule has 0 unspecified atom stereocenters. The Morgan fingerprint density at radius 2 is 2.04 bits per heavy atom. The number of amides is 1. The lowest BCUT2D eigenvalue weighted by Gasteiger charge is -2.29. The van der Waals surface area contributed by atoms with Crippen LogP contribution in [0.2, 0.25) is 0 Å². The number of hydrogen-bond acceptors (Lipinski definition) is 5. The van der Waals surface area contributed by atoms with E-state index in [2.05, 4.69) is 33.1 Å². The molecular formula is C16H22N6O. The second-order valence-corrected chi connectivity index (χ2v) is 6.09. The number of tetrazole rings is 1. The van der Waals surface area contributed by atoms with Crippen LogP contribution in [0.3, 0.4) is 0 Å². The van der Waals surface area contributed by atoms with Crippen LogP contribution in [0.4, 0.5) is 5.69 Å². The molecule has 0 saturated heterocycles.